The van der Waals surface area contributed by atoms with Gasteiger partial charge in [-0.15, -0.1) is 0 Å². The number of likely N-dealkylation sites (N-methyl/N-ethyl adjacent to an activating group) is 1. The highest BCUT2D eigenvalue weighted by molar-refractivity contribution is 5.95. The molecule has 0 radical (unpaired) electrons. The molecule has 3 N–H and O–H groups in total. The summed E-state index contributed by atoms with van der Waals surface area (Å²) in [5.41, 5.74) is 4.18. The van der Waals surface area contributed by atoms with Crippen LogP contribution in [0.1, 0.15) is 35.6 Å². The highest BCUT2D eigenvalue weighted by Crippen LogP contribution is 2.22. The predicted molar refractivity (Wildman–Crippen MR) is 145 cm³/mol. The van der Waals surface area contributed by atoms with Crippen molar-refractivity contribution < 1.29 is 9.59 Å². The van der Waals surface area contributed by atoms with Crippen molar-refractivity contribution in [2.24, 2.45) is 0 Å². The summed E-state index contributed by atoms with van der Waals surface area (Å²) in [4.78, 5) is 29.3. The first kappa shape index (κ1) is 26.3. The van der Waals surface area contributed by atoms with Crippen LogP contribution in [0.15, 0.2) is 85.3 Å². The Morgan fingerprint density at radius 2 is 1.74 bits per heavy atom. The number of nitriles is 1. The molecule has 9 nitrogen and oxygen atoms in total. The fourth-order valence-electron chi connectivity index (χ4n) is 3.97. The maximum Gasteiger partial charge on any atom is 0.247 e. The summed E-state index contributed by atoms with van der Waals surface area (Å²) >= 11 is 0. The molecule has 0 aliphatic carbocycles. The van der Waals surface area contributed by atoms with E-state index < -0.39 is 6.04 Å². The van der Waals surface area contributed by atoms with Crippen molar-refractivity contribution in [2.45, 2.75) is 25.4 Å². The maximum atomic E-state index is 13.3. The fraction of sp³-hybridized carbons (Fsp3) is 0.207. The van der Waals surface area contributed by atoms with Crippen LogP contribution in [0.3, 0.4) is 0 Å². The van der Waals surface area contributed by atoms with Gasteiger partial charge in [0.05, 0.1) is 17.8 Å². The summed E-state index contributed by atoms with van der Waals surface area (Å²) in [6.45, 7) is 2.77. The lowest BCUT2D eigenvalue weighted by Gasteiger charge is -2.21. The van der Waals surface area contributed by atoms with Gasteiger partial charge >= 0.3 is 0 Å². The highest BCUT2D eigenvalue weighted by Gasteiger charge is 2.22. The first-order valence-electron chi connectivity index (χ1n) is 12.3. The Balaban J connectivity index is 1.43. The van der Waals surface area contributed by atoms with E-state index in [9.17, 15) is 9.59 Å². The Labute approximate surface area is 221 Å². The molecule has 0 fully saturated rings. The van der Waals surface area contributed by atoms with E-state index in [1.54, 1.807) is 48.5 Å². The van der Waals surface area contributed by atoms with E-state index in [-0.39, 0.29) is 24.3 Å². The van der Waals surface area contributed by atoms with Crippen LogP contribution in [0, 0.1) is 11.3 Å². The van der Waals surface area contributed by atoms with Crippen LogP contribution in [0.4, 0.5) is 5.82 Å². The number of nitrogens with zero attached hydrogens (tertiary/aromatic N) is 4. The number of carbonyl (C=O) groups excluding carboxylic acids is 2. The van der Waals surface area contributed by atoms with E-state index in [1.807, 2.05) is 48.5 Å². The van der Waals surface area contributed by atoms with Crippen molar-refractivity contribution >= 4 is 17.6 Å². The van der Waals surface area contributed by atoms with Crippen molar-refractivity contribution in [1.82, 2.24) is 25.4 Å². The summed E-state index contributed by atoms with van der Waals surface area (Å²) in [5, 5.41) is 22.1. The Kier molecular flexibility index (Phi) is 8.59. The second-order valence-electron chi connectivity index (χ2n) is 8.91. The van der Waals surface area contributed by atoms with E-state index in [0.717, 1.165) is 22.3 Å². The third kappa shape index (κ3) is 6.69. The Morgan fingerprint density at radius 3 is 2.39 bits per heavy atom. The Hall–Kier alpha value is -4.81. The molecular formula is C29H29N7O2. The molecule has 0 aliphatic heterocycles. The van der Waals surface area contributed by atoms with Crippen LogP contribution in [0.5, 0.6) is 0 Å². The number of rotatable bonds is 10. The average molecular weight is 508 g/mol. The lowest BCUT2D eigenvalue weighted by atomic mass is 9.98. The number of amides is 2. The molecule has 0 saturated carbocycles. The second kappa shape index (κ2) is 12.4. The summed E-state index contributed by atoms with van der Waals surface area (Å²) in [6.07, 6.45) is 5.10. The minimum absolute atomic E-state index is 0.128. The van der Waals surface area contributed by atoms with E-state index in [2.05, 4.69) is 39.0 Å². The van der Waals surface area contributed by atoms with Crippen molar-refractivity contribution in [2.75, 3.05) is 18.9 Å². The van der Waals surface area contributed by atoms with Crippen LogP contribution in [-0.4, -0.2) is 40.2 Å². The third-order valence-electron chi connectivity index (χ3n) is 6.20. The van der Waals surface area contributed by atoms with Gasteiger partial charge in [-0.2, -0.15) is 10.4 Å². The van der Waals surface area contributed by atoms with Crippen LogP contribution < -0.4 is 16.0 Å². The van der Waals surface area contributed by atoms with Gasteiger partial charge in [-0.25, -0.2) is 4.98 Å². The van der Waals surface area contributed by atoms with Gasteiger partial charge in [0.25, 0.3) is 0 Å². The molecular weight excluding hydrogens is 478 g/mol. The summed E-state index contributed by atoms with van der Waals surface area (Å²) in [7, 11) is 1.58. The number of hydrogen-bond acceptors (Lipinski definition) is 6. The number of benzene rings is 2. The second-order valence-corrected chi connectivity index (χ2v) is 8.91. The summed E-state index contributed by atoms with van der Waals surface area (Å²) in [5.74, 6) is 0.202. The Morgan fingerprint density at radius 1 is 0.974 bits per heavy atom. The molecule has 4 rings (SSSR count). The average Bonchev–Trinajstić information content (AvgIpc) is 3.42. The predicted octanol–water partition coefficient (Wildman–Crippen LogP) is 3.64. The van der Waals surface area contributed by atoms with Gasteiger partial charge in [0, 0.05) is 37.1 Å². The van der Waals surface area contributed by atoms with Gasteiger partial charge in [0.2, 0.25) is 11.8 Å². The number of hydrogen-bond donors (Lipinski definition) is 3. The molecule has 2 aromatic carbocycles. The SMILES string of the molecule is CNC(=O)Cn1cc(-c2ccc(NC(=O)[C@H](NC[C@H](C)c3ccc(C#N)cc3)c3ccccc3)nc2)cn1. The standard InChI is InChI=1S/C29H29N7O2/c1-20(22-10-8-21(14-30)9-11-22)15-33-28(23-6-4-3-5-7-23)29(38)35-26-13-12-24(16-32-26)25-17-34-36(18-25)19-27(37)31-2/h3-13,16-18,20,28,33H,15,19H2,1-2H3,(H,31,37)(H,32,35,38)/t20-,28+/m0/s1. The quantitative estimate of drug-likeness (QED) is 0.301. The molecule has 2 heterocycles. The third-order valence-corrected chi connectivity index (χ3v) is 6.20. The molecule has 2 atom stereocenters. The zero-order valence-corrected chi connectivity index (χ0v) is 21.3. The number of aromatic nitrogens is 3. The summed E-state index contributed by atoms with van der Waals surface area (Å²) in [6, 6.07) is 22.2. The topological polar surface area (TPSA) is 125 Å². The normalized spacial score (nSPS) is 12.2. The van der Waals surface area contributed by atoms with Crippen LogP contribution in [0.25, 0.3) is 11.1 Å². The minimum atomic E-state index is -0.582. The van der Waals surface area contributed by atoms with Gasteiger partial charge < -0.3 is 16.0 Å². The van der Waals surface area contributed by atoms with Gasteiger partial charge in [0.1, 0.15) is 18.4 Å². The number of carbonyl (C=O) groups is 2. The van der Waals surface area contributed by atoms with Crippen LogP contribution in [0.2, 0.25) is 0 Å². The molecule has 4 aromatic rings. The lowest BCUT2D eigenvalue weighted by Crippen LogP contribution is -2.35. The van der Waals surface area contributed by atoms with E-state index >= 15 is 0 Å². The molecule has 0 bridgehead atoms. The fourth-order valence-corrected chi connectivity index (χ4v) is 3.97. The minimum Gasteiger partial charge on any atom is -0.358 e. The number of anilines is 1. The largest absolute Gasteiger partial charge is 0.358 e. The van der Waals surface area contributed by atoms with Crippen molar-refractivity contribution in [3.8, 4) is 17.2 Å². The molecule has 0 saturated heterocycles. The lowest BCUT2D eigenvalue weighted by molar-refractivity contribution is -0.121. The molecule has 0 aliphatic rings. The van der Waals surface area contributed by atoms with Crippen LogP contribution in [-0.2, 0) is 16.1 Å². The van der Waals surface area contributed by atoms with Crippen molar-refractivity contribution in [3.63, 3.8) is 0 Å². The molecule has 9 heteroatoms. The molecule has 38 heavy (non-hydrogen) atoms. The van der Waals surface area contributed by atoms with Gasteiger partial charge in [-0.3, -0.25) is 14.3 Å². The number of pyridine rings is 1. The number of nitrogens with one attached hydrogen (secondary N) is 3. The van der Waals surface area contributed by atoms with E-state index in [1.165, 1.54) is 0 Å². The summed E-state index contributed by atoms with van der Waals surface area (Å²) < 4.78 is 1.55. The van der Waals surface area contributed by atoms with Gasteiger partial charge in [0.15, 0.2) is 0 Å². The molecule has 192 valence electrons. The Bertz CT molecular complexity index is 1410. The van der Waals surface area contributed by atoms with Crippen molar-refractivity contribution in [3.05, 3.63) is 102 Å². The maximum absolute atomic E-state index is 13.3. The molecule has 2 aromatic heterocycles. The van der Waals surface area contributed by atoms with Gasteiger partial charge in [-0.05, 0) is 41.3 Å². The van der Waals surface area contributed by atoms with Gasteiger partial charge in [-0.1, -0.05) is 49.4 Å². The molecule has 0 spiro atoms. The van der Waals surface area contributed by atoms with E-state index in [0.29, 0.717) is 17.9 Å². The molecule has 0 unspecified atom stereocenters. The smallest absolute Gasteiger partial charge is 0.247 e. The highest BCUT2D eigenvalue weighted by atomic mass is 16.2. The molecule has 2 amide bonds. The first-order chi connectivity index (χ1) is 18.5. The zero-order chi connectivity index (χ0) is 26.9. The first-order valence-corrected chi connectivity index (χ1v) is 12.3. The van der Waals surface area contributed by atoms with E-state index in [4.69, 9.17) is 5.26 Å². The monoisotopic (exact) mass is 507 g/mol. The zero-order valence-electron chi connectivity index (χ0n) is 21.3. The van der Waals surface area contributed by atoms with Crippen molar-refractivity contribution in [1.29, 1.82) is 5.26 Å². The van der Waals surface area contributed by atoms with Crippen LogP contribution >= 0.6 is 0 Å².